The van der Waals surface area contributed by atoms with Gasteiger partial charge < -0.3 is 16.2 Å². The second kappa shape index (κ2) is 6.49. The lowest BCUT2D eigenvalue weighted by Gasteiger charge is -2.15. The first-order chi connectivity index (χ1) is 8.17. The predicted octanol–water partition coefficient (Wildman–Crippen LogP) is 0.731. The van der Waals surface area contributed by atoms with Gasteiger partial charge in [0.15, 0.2) is 0 Å². The summed E-state index contributed by atoms with van der Waals surface area (Å²) in [5.41, 5.74) is 5.72. The van der Waals surface area contributed by atoms with Crippen LogP contribution in [0.15, 0.2) is 24.3 Å². The van der Waals surface area contributed by atoms with Crippen molar-refractivity contribution in [3.05, 3.63) is 24.3 Å². The average Bonchev–Trinajstić information content (AvgIpc) is 2.30. The molecule has 1 aromatic rings. The molecule has 1 aromatic carbocycles. The summed E-state index contributed by atoms with van der Waals surface area (Å²) in [6.07, 6.45) is 1.000. The van der Waals surface area contributed by atoms with E-state index in [0.717, 1.165) is 4.90 Å². The molecule has 4 N–H and O–H groups in total. The molecule has 6 nitrogen and oxygen atoms in total. The van der Waals surface area contributed by atoms with Crippen molar-refractivity contribution < 1.29 is 14.7 Å². The number of hydrogen-bond acceptors (Lipinski definition) is 4. The van der Waals surface area contributed by atoms with Gasteiger partial charge in [-0.15, -0.1) is 0 Å². The van der Waals surface area contributed by atoms with E-state index in [2.05, 4.69) is 5.32 Å². The number of carbonyl (C=O) groups is 2. The van der Waals surface area contributed by atoms with E-state index in [4.69, 9.17) is 5.73 Å². The van der Waals surface area contributed by atoms with Crippen LogP contribution < -0.4 is 11.1 Å². The van der Waals surface area contributed by atoms with E-state index in [1.165, 1.54) is 12.1 Å². The van der Waals surface area contributed by atoms with Crippen molar-refractivity contribution in [1.82, 2.24) is 4.90 Å². The third-order valence-electron chi connectivity index (χ3n) is 2.09. The van der Waals surface area contributed by atoms with Crippen LogP contribution >= 0.6 is 0 Å². The van der Waals surface area contributed by atoms with E-state index >= 15 is 0 Å². The number of anilines is 1. The highest BCUT2D eigenvalue weighted by molar-refractivity contribution is 5.95. The first-order valence-corrected chi connectivity index (χ1v) is 5.19. The molecule has 0 heterocycles. The minimum absolute atomic E-state index is 0.0439. The maximum absolute atomic E-state index is 11.6. The van der Waals surface area contributed by atoms with E-state index in [9.17, 15) is 14.7 Å². The van der Waals surface area contributed by atoms with E-state index in [-0.39, 0.29) is 12.3 Å². The Morgan fingerprint density at radius 2 is 2.29 bits per heavy atom. The molecule has 0 saturated carbocycles. The number of aromatic hydroxyl groups is 1. The first kappa shape index (κ1) is 13.0. The van der Waals surface area contributed by atoms with E-state index in [1.54, 1.807) is 12.1 Å². The molecule has 0 fully saturated rings. The summed E-state index contributed by atoms with van der Waals surface area (Å²) in [6, 6.07) is 5.55. The number of carbonyl (C=O) groups excluding carboxylic acids is 2. The van der Waals surface area contributed by atoms with Crippen LogP contribution in [0.3, 0.4) is 0 Å². The van der Waals surface area contributed by atoms with Gasteiger partial charge in [0.25, 0.3) is 0 Å². The van der Waals surface area contributed by atoms with Crippen LogP contribution in [0.25, 0.3) is 0 Å². The highest BCUT2D eigenvalue weighted by atomic mass is 16.3. The fourth-order valence-electron chi connectivity index (χ4n) is 1.24. The van der Waals surface area contributed by atoms with Crippen molar-refractivity contribution in [2.45, 2.75) is 6.42 Å². The Bertz CT molecular complexity index is 395. The van der Waals surface area contributed by atoms with E-state index in [0.29, 0.717) is 25.1 Å². The third kappa shape index (κ3) is 4.12. The molecule has 0 aliphatic heterocycles. The number of nitrogens with two attached hydrogens (primary N) is 1. The maximum atomic E-state index is 11.6. The zero-order valence-electron chi connectivity index (χ0n) is 9.30. The monoisotopic (exact) mass is 237 g/mol. The molecule has 0 radical (unpaired) electrons. The summed E-state index contributed by atoms with van der Waals surface area (Å²) in [5, 5.41) is 11.7. The number of urea groups is 1. The molecule has 17 heavy (non-hydrogen) atoms. The lowest BCUT2D eigenvalue weighted by atomic mass is 10.3. The number of phenols is 1. The van der Waals surface area contributed by atoms with Gasteiger partial charge in [-0.25, -0.2) is 4.79 Å². The van der Waals surface area contributed by atoms with Gasteiger partial charge in [-0.1, -0.05) is 6.07 Å². The molecule has 3 amide bonds. The molecular weight excluding hydrogens is 222 g/mol. The molecule has 1 rings (SSSR count). The zero-order chi connectivity index (χ0) is 12.7. The fourth-order valence-corrected chi connectivity index (χ4v) is 1.24. The minimum atomic E-state index is -0.543. The molecular formula is C11H15N3O3. The molecule has 0 aromatic heterocycles. The average molecular weight is 237 g/mol. The van der Waals surface area contributed by atoms with Crippen LogP contribution in [0.1, 0.15) is 6.42 Å². The lowest BCUT2D eigenvalue weighted by molar-refractivity contribution is -0.115. The smallest absolute Gasteiger partial charge is 0.328 e. The summed E-state index contributed by atoms with van der Waals surface area (Å²) < 4.78 is 0. The number of phenolic OH excluding ortho intramolecular Hbond substituents is 1. The SMILES string of the molecule is NCCCN(C=O)C(=O)Nc1cccc(O)c1. The van der Waals surface area contributed by atoms with Crippen LogP contribution in [0.2, 0.25) is 0 Å². The van der Waals surface area contributed by atoms with Gasteiger partial charge in [0.1, 0.15) is 5.75 Å². The van der Waals surface area contributed by atoms with Crippen LogP contribution in [-0.4, -0.2) is 35.5 Å². The number of imide groups is 1. The van der Waals surface area contributed by atoms with Gasteiger partial charge in [0, 0.05) is 18.3 Å². The summed E-state index contributed by atoms with van der Waals surface area (Å²) in [6.45, 7) is 0.675. The van der Waals surface area contributed by atoms with Gasteiger partial charge in [0.05, 0.1) is 0 Å². The number of hydrogen-bond donors (Lipinski definition) is 3. The number of rotatable bonds is 5. The van der Waals surface area contributed by atoms with Crippen LogP contribution in [0.4, 0.5) is 10.5 Å². The molecule has 0 unspecified atom stereocenters. The van der Waals surface area contributed by atoms with Crippen molar-refractivity contribution in [2.75, 3.05) is 18.4 Å². The molecule has 0 bridgehead atoms. The van der Waals surface area contributed by atoms with Gasteiger partial charge in [-0.05, 0) is 25.1 Å². The molecule has 0 aliphatic rings. The Kier molecular flexibility index (Phi) is 4.96. The third-order valence-corrected chi connectivity index (χ3v) is 2.09. The number of nitrogens with zero attached hydrogens (tertiary/aromatic N) is 1. The molecule has 0 spiro atoms. The Hall–Kier alpha value is -2.08. The highest BCUT2D eigenvalue weighted by Gasteiger charge is 2.11. The Labute approximate surface area is 99.0 Å². The summed E-state index contributed by atoms with van der Waals surface area (Å²) >= 11 is 0. The van der Waals surface area contributed by atoms with Gasteiger partial charge in [-0.2, -0.15) is 0 Å². The molecule has 6 heteroatoms. The van der Waals surface area contributed by atoms with Gasteiger partial charge in [-0.3, -0.25) is 9.69 Å². The lowest BCUT2D eigenvalue weighted by Crippen LogP contribution is -2.35. The standard InChI is InChI=1S/C11H15N3O3/c12-5-2-6-14(8-15)11(17)13-9-3-1-4-10(16)7-9/h1,3-4,7-8,16H,2,5-6,12H2,(H,13,17). The van der Waals surface area contributed by atoms with E-state index < -0.39 is 6.03 Å². The predicted molar refractivity (Wildman–Crippen MR) is 63.6 cm³/mol. The van der Waals surface area contributed by atoms with Gasteiger partial charge >= 0.3 is 6.03 Å². The summed E-state index contributed by atoms with van der Waals surface area (Å²) in [7, 11) is 0. The number of amides is 3. The van der Waals surface area contributed by atoms with Crippen molar-refractivity contribution in [3.8, 4) is 5.75 Å². The topological polar surface area (TPSA) is 95.7 Å². The summed E-state index contributed by atoms with van der Waals surface area (Å²) in [5.74, 6) is 0.0439. The maximum Gasteiger partial charge on any atom is 0.328 e. The number of benzene rings is 1. The van der Waals surface area contributed by atoms with Gasteiger partial charge in [0.2, 0.25) is 6.41 Å². The largest absolute Gasteiger partial charge is 0.508 e. The second-order valence-electron chi connectivity index (χ2n) is 3.42. The van der Waals surface area contributed by atoms with Crippen LogP contribution in [0, 0.1) is 0 Å². The Morgan fingerprint density at radius 1 is 1.53 bits per heavy atom. The quantitative estimate of drug-likeness (QED) is 0.658. The number of nitrogens with one attached hydrogen (secondary N) is 1. The molecule has 92 valence electrons. The Morgan fingerprint density at radius 3 is 2.88 bits per heavy atom. The normalized spacial score (nSPS) is 9.71. The Balaban J connectivity index is 2.60. The van der Waals surface area contributed by atoms with Crippen molar-refractivity contribution in [2.24, 2.45) is 5.73 Å². The van der Waals surface area contributed by atoms with Crippen molar-refractivity contribution in [1.29, 1.82) is 0 Å². The van der Waals surface area contributed by atoms with Crippen molar-refractivity contribution >= 4 is 18.1 Å². The molecule has 0 atom stereocenters. The van der Waals surface area contributed by atoms with Crippen LogP contribution in [-0.2, 0) is 4.79 Å². The molecule has 0 saturated heterocycles. The van der Waals surface area contributed by atoms with E-state index in [1.807, 2.05) is 0 Å². The van der Waals surface area contributed by atoms with Crippen LogP contribution in [0.5, 0.6) is 5.75 Å². The minimum Gasteiger partial charge on any atom is -0.508 e. The fraction of sp³-hybridized carbons (Fsp3) is 0.273. The highest BCUT2D eigenvalue weighted by Crippen LogP contribution is 2.15. The zero-order valence-corrected chi connectivity index (χ0v) is 9.30. The summed E-state index contributed by atoms with van der Waals surface area (Å²) in [4.78, 5) is 23.3. The second-order valence-corrected chi connectivity index (χ2v) is 3.42. The first-order valence-electron chi connectivity index (χ1n) is 5.19. The molecule has 0 aliphatic carbocycles. The van der Waals surface area contributed by atoms with Crippen molar-refractivity contribution in [3.63, 3.8) is 0 Å².